The van der Waals surface area contributed by atoms with Crippen LogP contribution in [0.1, 0.15) is 5.56 Å². The molecule has 0 atom stereocenters. The SMILES string of the molecule is O=c1c(SCc2cccc(F)c2)nccn1-c1ccc2c(c1)OCCO2. The van der Waals surface area contributed by atoms with Gasteiger partial charge in [-0.3, -0.25) is 9.36 Å². The molecule has 0 spiro atoms. The molecule has 3 aromatic rings. The zero-order valence-electron chi connectivity index (χ0n) is 13.7. The number of hydrogen-bond donors (Lipinski definition) is 0. The van der Waals surface area contributed by atoms with Crippen LogP contribution >= 0.6 is 11.8 Å². The Morgan fingerprint density at radius 2 is 1.96 bits per heavy atom. The van der Waals surface area contributed by atoms with Gasteiger partial charge in [0.1, 0.15) is 19.0 Å². The van der Waals surface area contributed by atoms with Crippen LogP contribution in [0.15, 0.2) is 64.7 Å². The molecule has 0 unspecified atom stereocenters. The summed E-state index contributed by atoms with van der Waals surface area (Å²) in [5, 5.41) is 0.353. The quantitative estimate of drug-likeness (QED) is 0.659. The summed E-state index contributed by atoms with van der Waals surface area (Å²) in [6.45, 7) is 0.999. The molecule has 0 radical (unpaired) electrons. The lowest BCUT2D eigenvalue weighted by atomic mass is 10.2. The Hall–Kier alpha value is -2.80. The third kappa shape index (κ3) is 3.43. The summed E-state index contributed by atoms with van der Waals surface area (Å²) in [4.78, 5) is 16.9. The van der Waals surface area contributed by atoms with Gasteiger partial charge in [0.25, 0.3) is 5.56 Å². The minimum absolute atomic E-state index is 0.231. The standard InChI is InChI=1S/C19H15FN2O3S/c20-14-3-1-2-13(10-14)12-26-18-19(23)22(7-6-21-18)15-4-5-16-17(11-15)25-9-8-24-16/h1-7,10-11H,8-9,12H2. The molecule has 2 aromatic carbocycles. The summed E-state index contributed by atoms with van der Waals surface area (Å²) in [5.41, 5.74) is 1.24. The number of hydrogen-bond acceptors (Lipinski definition) is 5. The molecular formula is C19H15FN2O3S. The van der Waals surface area contributed by atoms with Gasteiger partial charge in [-0.2, -0.15) is 0 Å². The zero-order valence-corrected chi connectivity index (χ0v) is 14.5. The van der Waals surface area contributed by atoms with E-state index in [1.54, 1.807) is 36.7 Å². The van der Waals surface area contributed by atoms with Gasteiger partial charge in [-0.25, -0.2) is 9.37 Å². The Kier molecular flexibility index (Phi) is 4.62. The Morgan fingerprint density at radius 3 is 2.81 bits per heavy atom. The number of aromatic nitrogens is 2. The molecule has 0 bridgehead atoms. The molecule has 0 aliphatic carbocycles. The van der Waals surface area contributed by atoms with Crippen LogP contribution in [0.4, 0.5) is 4.39 Å². The Bertz CT molecular complexity index is 1010. The summed E-state index contributed by atoms with van der Waals surface area (Å²) >= 11 is 1.28. The first-order chi connectivity index (χ1) is 12.7. The van der Waals surface area contributed by atoms with E-state index in [4.69, 9.17) is 9.47 Å². The van der Waals surface area contributed by atoms with E-state index in [9.17, 15) is 9.18 Å². The third-order valence-corrected chi connectivity index (χ3v) is 4.91. The minimum Gasteiger partial charge on any atom is -0.486 e. The van der Waals surface area contributed by atoms with E-state index >= 15 is 0 Å². The van der Waals surface area contributed by atoms with Crippen LogP contribution < -0.4 is 15.0 Å². The van der Waals surface area contributed by atoms with Crippen LogP contribution in [-0.4, -0.2) is 22.8 Å². The fourth-order valence-corrected chi connectivity index (χ4v) is 3.50. The van der Waals surface area contributed by atoms with E-state index in [-0.39, 0.29) is 11.4 Å². The van der Waals surface area contributed by atoms with Crippen molar-refractivity contribution >= 4 is 11.8 Å². The maximum Gasteiger partial charge on any atom is 0.287 e. The first-order valence-corrected chi connectivity index (χ1v) is 9.04. The first kappa shape index (κ1) is 16.7. The Balaban J connectivity index is 1.60. The molecule has 5 nitrogen and oxygen atoms in total. The molecule has 0 saturated heterocycles. The fourth-order valence-electron chi connectivity index (χ4n) is 2.66. The van der Waals surface area contributed by atoms with Crippen LogP contribution in [0, 0.1) is 5.82 Å². The average Bonchev–Trinajstić information content (AvgIpc) is 2.67. The summed E-state index contributed by atoms with van der Waals surface area (Å²) in [5.74, 6) is 1.46. The maximum absolute atomic E-state index is 13.3. The van der Waals surface area contributed by atoms with Gasteiger partial charge in [0.05, 0.1) is 5.69 Å². The van der Waals surface area contributed by atoms with Gasteiger partial charge >= 0.3 is 0 Å². The predicted molar refractivity (Wildman–Crippen MR) is 96.8 cm³/mol. The van der Waals surface area contributed by atoms with Crippen LogP contribution in [0.5, 0.6) is 11.5 Å². The lowest BCUT2D eigenvalue weighted by molar-refractivity contribution is 0.171. The number of nitrogens with zero attached hydrogens (tertiary/aromatic N) is 2. The summed E-state index contributed by atoms with van der Waals surface area (Å²) in [7, 11) is 0. The number of ether oxygens (including phenoxy) is 2. The smallest absolute Gasteiger partial charge is 0.287 e. The summed E-state index contributed by atoms with van der Waals surface area (Å²) < 4.78 is 25.9. The molecule has 0 fully saturated rings. The van der Waals surface area contributed by atoms with Gasteiger partial charge in [-0.15, -0.1) is 0 Å². The van der Waals surface area contributed by atoms with E-state index in [0.29, 0.717) is 41.2 Å². The average molecular weight is 370 g/mol. The van der Waals surface area contributed by atoms with Crippen LogP contribution in [0.2, 0.25) is 0 Å². The van der Waals surface area contributed by atoms with Crippen molar-refractivity contribution in [3.8, 4) is 17.2 Å². The second kappa shape index (κ2) is 7.21. The van der Waals surface area contributed by atoms with Crippen molar-refractivity contribution in [3.05, 3.63) is 76.6 Å². The minimum atomic E-state index is -0.294. The van der Waals surface area contributed by atoms with Gasteiger partial charge in [-0.05, 0) is 29.8 Å². The molecule has 7 heteroatoms. The van der Waals surface area contributed by atoms with Gasteiger partial charge < -0.3 is 9.47 Å². The molecule has 0 amide bonds. The molecule has 132 valence electrons. The summed E-state index contributed by atoms with van der Waals surface area (Å²) in [6, 6.07) is 11.7. The zero-order chi connectivity index (χ0) is 17.9. The van der Waals surface area contributed by atoms with Gasteiger partial charge in [0, 0.05) is 24.2 Å². The van der Waals surface area contributed by atoms with Crippen LogP contribution in [0.3, 0.4) is 0 Å². The van der Waals surface area contributed by atoms with Crippen molar-refractivity contribution in [1.29, 1.82) is 0 Å². The van der Waals surface area contributed by atoms with Crippen molar-refractivity contribution in [2.24, 2.45) is 0 Å². The molecule has 1 aliphatic rings. The van der Waals surface area contributed by atoms with Crippen LogP contribution in [0.25, 0.3) is 5.69 Å². The largest absolute Gasteiger partial charge is 0.486 e. The Morgan fingerprint density at radius 1 is 1.12 bits per heavy atom. The molecule has 4 rings (SSSR count). The molecule has 26 heavy (non-hydrogen) atoms. The lowest BCUT2D eigenvalue weighted by Gasteiger charge is -2.19. The number of halogens is 1. The van der Waals surface area contributed by atoms with E-state index < -0.39 is 0 Å². The van der Waals surface area contributed by atoms with E-state index in [1.807, 2.05) is 6.07 Å². The maximum atomic E-state index is 13.3. The van der Waals surface area contributed by atoms with E-state index in [0.717, 1.165) is 5.56 Å². The second-order valence-electron chi connectivity index (χ2n) is 5.65. The highest BCUT2D eigenvalue weighted by Crippen LogP contribution is 2.31. The number of thioether (sulfide) groups is 1. The predicted octanol–water partition coefficient (Wildman–Crippen LogP) is 3.44. The molecular weight excluding hydrogens is 355 g/mol. The lowest BCUT2D eigenvalue weighted by Crippen LogP contribution is -2.21. The topological polar surface area (TPSA) is 53.4 Å². The number of fused-ring (bicyclic) bond motifs is 1. The van der Waals surface area contributed by atoms with E-state index in [1.165, 1.54) is 28.5 Å². The highest BCUT2D eigenvalue weighted by Gasteiger charge is 2.14. The van der Waals surface area contributed by atoms with Gasteiger partial charge in [0.15, 0.2) is 16.5 Å². The van der Waals surface area contributed by atoms with Gasteiger partial charge in [0.2, 0.25) is 0 Å². The number of rotatable bonds is 4. The highest BCUT2D eigenvalue weighted by molar-refractivity contribution is 7.98. The van der Waals surface area contributed by atoms with Crippen molar-refractivity contribution in [3.63, 3.8) is 0 Å². The Labute approximate surface area is 153 Å². The molecule has 1 aliphatic heterocycles. The van der Waals surface area contributed by atoms with Crippen molar-refractivity contribution in [1.82, 2.24) is 9.55 Å². The van der Waals surface area contributed by atoms with Crippen molar-refractivity contribution in [2.45, 2.75) is 10.8 Å². The molecule has 0 N–H and O–H groups in total. The third-order valence-electron chi connectivity index (χ3n) is 3.88. The van der Waals surface area contributed by atoms with Crippen LogP contribution in [-0.2, 0) is 5.75 Å². The monoisotopic (exact) mass is 370 g/mol. The molecule has 0 saturated carbocycles. The molecule has 1 aromatic heterocycles. The van der Waals surface area contributed by atoms with Gasteiger partial charge in [-0.1, -0.05) is 23.9 Å². The fraction of sp³-hybridized carbons (Fsp3) is 0.158. The number of benzene rings is 2. The normalized spacial score (nSPS) is 12.8. The second-order valence-corrected chi connectivity index (χ2v) is 6.62. The first-order valence-electron chi connectivity index (χ1n) is 8.06. The molecule has 2 heterocycles. The summed E-state index contributed by atoms with van der Waals surface area (Å²) in [6.07, 6.45) is 3.19. The van der Waals surface area contributed by atoms with E-state index in [2.05, 4.69) is 4.98 Å². The highest BCUT2D eigenvalue weighted by atomic mass is 32.2. The van der Waals surface area contributed by atoms with Crippen molar-refractivity contribution < 1.29 is 13.9 Å². The van der Waals surface area contributed by atoms with Crippen molar-refractivity contribution in [2.75, 3.05) is 13.2 Å².